The number of hydrogen-bond acceptors (Lipinski definition) is 3. The number of hydrogen-bond donors (Lipinski definition) is 2. The molecule has 3 nitrogen and oxygen atoms in total. The molecule has 1 aliphatic carbocycles. The highest BCUT2D eigenvalue weighted by atomic mass is 32.2. The van der Waals surface area contributed by atoms with E-state index in [1.807, 2.05) is 18.7 Å². The largest absolute Gasteiger partial charge is 0.352 e. The van der Waals surface area contributed by atoms with E-state index in [9.17, 15) is 4.79 Å². The fourth-order valence-electron chi connectivity index (χ4n) is 1.96. The van der Waals surface area contributed by atoms with Gasteiger partial charge in [-0.15, -0.1) is 0 Å². The third kappa shape index (κ3) is 4.89. The van der Waals surface area contributed by atoms with Crippen molar-refractivity contribution in [3.8, 4) is 0 Å². The second-order valence-electron chi connectivity index (χ2n) is 4.06. The number of likely N-dealkylation sites (N-methyl/N-ethyl adjacent to an activating group) is 1. The Morgan fingerprint density at radius 3 is 2.53 bits per heavy atom. The fourth-order valence-corrected chi connectivity index (χ4v) is 2.70. The second-order valence-corrected chi connectivity index (χ2v) is 5.20. The van der Waals surface area contributed by atoms with Gasteiger partial charge in [-0.3, -0.25) is 4.79 Å². The zero-order valence-electron chi connectivity index (χ0n) is 9.71. The van der Waals surface area contributed by atoms with Crippen molar-refractivity contribution in [1.29, 1.82) is 0 Å². The molecule has 15 heavy (non-hydrogen) atoms. The van der Waals surface area contributed by atoms with Crippen molar-refractivity contribution >= 4 is 17.7 Å². The molecule has 1 aliphatic rings. The number of thioether (sulfide) groups is 1. The van der Waals surface area contributed by atoms with Gasteiger partial charge in [0.15, 0.2) is 0 Å². The van der Waals surface area contributed by atoms with Crippen molar-refractivity contribution in [3.05, 3.63) is 0 Å². The lowest BCUT2D eigenvalue weighted by atomic mass is 9.95. The van der Waals surface area contributed by atoms with Crippen molar-refractivity contribution < 1.29 is 4.79 Å². The van der Waals surface area contributed by atoms with E-state index < -0.39 is 0 Å². The molecule has 1 fully saturated rings. The summed E-state index contributed by atoms with van der Waals surface area (Å²) < 4.78 is 0. The van der Waals surface area contributed by atoms with E-state index in [2.05, 4.69) is 16.9 Å². The van der Waals surface area contributed by atoms with E-state index in [4.69, 9.17) is 0 Å². The van der Waals surface area contributed by atoms with E-state index in [1.165, 1.54) is 12.8 Å². The molecule has 0 unspecified atom stereocenters. The lowest BCUT2D eigenvalue weighted by molar-refractivity contribution is -0.121. The Balaban J connectivity index is 2.15. The molecule has 0 aromatic carbocycles. The molecule has 88 valence electrons. The van der Waals surface area contributed by atoms with Gasteiger partial charge in [-0.2, -0.15) is 11.8 Å². The molecule has 0 bridgehead atoms. The maximum Gasteiger partial charge on any atom is 0.234 e. The molecule has 0 spiro atoms. The summed E-state index contributed by atoms with van der Waals surface area (Å²) in [5, 5.41) is 6.94. The Labute approximate surface area is 96.8 Å². The van der Waals surface area contributed by atoms with Crippen LogP contribution in [0, 0.1) is 0 Å². The topological polar surface area (TPSA) is 41.1 Å². The van der Waals surface area contributed by atoms with Crippen LogP contribution in [0.15, 0.2) is 0 Å². The predicted molar refractivity (Wildman–Crippen MR) is 66.2 cm³/mol. The van der Waals surface area contributed by atoms with Crippen molar-refractivity contribution in [1.82, 2.24) is 10.6 Å². The molecule has 0 saturated heterocycles. The van der Waals surface area contributed by atoms with Gasteiger partial charge < -0.3 is 10.6 Å². The zero-order valence-corrected chi connectivity index (χ0v) is 10.5. The number of carbonyl (C=O) groups is 1. The molecular formula is C11H22N2OS. The van der Waals surface area contributed by atoms with Crippen molar-refractivity contribution in [2.75, 3.05) is 19.3 Å². The summed E-state index contributed by atoms with van der Waals surface area (Å²) in [6, 6.07) is 0.416. The first kappa shape index (κ1) is 12.8. The fraction of sp³-hybridized carbons (Fsp3) is 0.909. The molecule has 1 amide bonds. The first-order chi connectivity index (χ1) is 7.26. The molecule has 0 aromatic rings. The lowest BCUT2D eigenvalue weighted by Gasteiger charge is -2.28. The van der Waals surface area contributed by atoms with Gasteiger partial charge in [-0.1, -0.05) is 6.92 Å². The third-order valence-electron chi connectivity index (χ3n) is 2.91. The highest BCUT2D eigenvalue weighted by molar-refractivity contribution is 7.99. The van der Waals surface area contributed by atoms with Crippen LogP contribution in [0.2, 0.25) is 0 Å². The standard InChI is InChI=1S/C11H22N2OS/c1-3-12-8-11(14)13-9-4-6-10(15-2)7-5-9/h9-10,12H,3-8H2,1-2H3,(H,13,14). The number of amides is 1. The van der Waals surface area contributed by atoms with E-state index in [0.29, 0.717) is 12.6 Å². The molecule has 0 heterocycles. The Kier molecular flexibility index (Phi) is 6.10. The Bertz CT molecular complexity index is 191. The van der Waals surface area contributed by atoms with Crippen LogP contribution >= 0.6 is 11.8 Å². The summed E-state index contributed by atoms with van der Waals surface area (Å²) in [5.41, 5.74) is 0. The molecule has 2 N–H and O–H groups in total. The average molecular weight is 230 g/mol. The van der Waals surface area contributed by atoms with Crippen molar-refractivity contribution in [2.24, 2.45) is 0 Å². The molecule has 4 heteroatoms. The molecule has 1 saturated carbocycles. The van der Waals surface area contributed by atoms with E-state index in [0.717, 1.165) is 24.6 Å². The van der Waals surface area contributed by atoms with Crippen LogP contribution in [0.5, 0.6) is 0 Å². The number of carbonyl (C=O) groups excluding carboxylic acids is 1. The molecule has 0 aliphatic heterocycles. The quantitative estimate of drug-likeness (QED) is 0.750. The summed E-state index contributed by atoms with van der Waals surface area (Å²) in [7, 11) is 0. The Morgan fingerprint density at radius 1 is 1.33 bits per heavy atom. The summed E-state index contributed by atoms with van der Waals surface area (Å²) in [6.07, 6.45) is 6.95. The maximum atomic E-state index is 11.4. The van der Waals surface area contributed by atoms with Crippen LogP contribution in [-0.4, -0.2) is 36.5 Å². The van der Waals surface area contributed by atoms with Crippen molar-refractivity contribution in [2.45, 2.75) is 43.9 Å². The number of rotatable bonds is 5. The van der Waals surface area contributed by atoms with Gasteiger partial charge in [0, 0.05) is 11.3 Å². The lowest BCUT2D eigenvalue weighted by Crippen LogP contribution is -2.42. The van der Waals surface area contributed by atoms with Crippen LogP contribution in [-0.2, 0) is 4.79 Å². The van der Waals surface area contributed by atoms with Gasteiger partial charge >= 0.3 is 0 Å². The van der Waals surface area contributed by atoms with Crippen molar-refractivity contribution in [3.63, 3.8) is 0 Å². The Morgan fingerprint density at radius 2 is 2.00 bits per heavy atom. The molecular weight excluding hydrogens is 208 g/mol. The minimum absolute atomic E-state index is 0.143. The smallest absolute Gasteiger partial charge is 0.234 e. The highest BCUT2D eigenvalue weighted by Gasteiger charge is 2.21. The van der Waals surface area contributed by atoms with E-state index in [1.54, 1.807) is 0 Å². The summed E-state index contributed by atoms with van der Waals surface area (Å²) in [5.74, 6) is 0.143. The second kappa shape index (κ2) is 7.12. The SMILES string of the molecule is CCNCC(=O)NC1CCC(SC)CC1. The van der Waals surface area contributed by atoms with Crippen LogP contribution < -0.4 is 10.6 Å². The summed E-state index contributed by atoms with van der Waals surface area (Å²) in [4.78, 5) is 11.4. The number of nitrogens with one attached hydrogen (secondary N) is 2. The molecule has 1 rings (SSSR count). The van der Waals surface area contributed by atoms with Gasteiger partial charge in [0.1, 0.15) is 0 Å². The molecule has 0 aromatic heterocycles. The van der Waals surface area contributed by atoms with E-state index in [-0.39, 0.29) is 5.91 Å². The monoisotopic (exact) mass is 230 g/mol. The summed E-state index contributed by atoms with van der Waals surface area (Å²) >= 11 is 1.96. The van der Waals surface area contributed by atoms with Gasteiger partial charge in [0.25, 0.3) is 0 Å². The Hall–Kier alpha value is -0.220. The zero-order chi connectivity index (χ0) is 11.1. The molecule has 0 atom stereocenters. The first-order valence-corrected chi connectivity index (χ1v) is 7.08. The summed E-state index contributed by atoms with van der Waals surface area (Å²) in [6.45, 7) is 3.32. The van der Waals surface area contributed by atoms with Gasteiger partial charge in [-0.05, 0) is 38.5 Å². The minimum Gasteiger partial charge on any atom is -0.352 e. The van der Waals surface area contributed by atoms with Gasteiger partial charge in [-0.25, -0.2) is 0 Å². The predicted octanol–water partition coefficient (Wildman–Crippen LogP) is 1.39. The van der Waals surface area contributed by atoms with Crippen LogP contribution in [0.1, 0.15) is 32.6 Å². The molecule has 0 radical (unpaired) electrons. The van der Waals surface area contributed by atoms with E-state index >= 15 is 0 Å². The average Bonchev–Trinajstić information content (AvgIpc) is 2.27. The maximum absolute atomic E-state index is 11.4. The van der Waals surface area contributed by atoms with Crippen LogP contribution in [0.4, 0.5) is 0 Å². The third-order valence-corrected chi connectivity index (χ3v) is 4.05. The minimum atomic E-state index is 0.143. The normalized spacial score (nSPS) is 26.3. The highest BCUT2D eigenvalue weighted by Crippen LogP contribution is 2.26. The van der Waals surface area contributed by atoms with Crippen LogP contribution in [0.3, 0.4) is 0 Å². The van der Waals surface area contributed by atoms with Gasteiger partial charge in [0.05, 0.1) is 6.54 Å². The van der Waals surface area contributed by atoms with Crippen LogP contribution in [0.25, 0.3) is 0 Å². The van der Waals surface area contributed by atoms with Gasteiger partial charge in [0.2, 0.25) is 5.91 Å². The first-order valence-electron chi connectivity index (χ1n) is 5.79.